The minimum absolute atomic E-state index is 0.134. The third-order valence-corrected chi connectivity index (χ3v) is 1.87. The lowest BCUT2D eigenvalue weighted by molar-refractivity contribution is -0.162. The number of carbonyl (C=O) groups is 1. The van der Waals surface area contributed by atoms with Crippen molar-refractivity contribution >= 4 is 6.04 Å². The van der Waals surface area contributed by atoms with E-state index in [1.165, 1.54) is 0 Å². The van der Waals surface area contributed by atoms with Gasteiger partial charge < -0.3 is 0 Å². The number of rotatable bonds is 1. The number of halogens is 7. The first-order valence-corrected chi connectivity index (χ1v) is 4.02. The largest absolute Gasteiger partial charge is 0.417 e. The normalized spacial score (nSPS) is 12.6. The molecule has 0 saturated carbocycles. The van der Waals surface area contributed by atoms with Gasteiger partial charge in [0, 0.05) is 0 Å². The van der Waals surface area contributed by atoms with E-state index in [9.17, 15) is 35.5 Å². The Balaban J connectivity index is 3.64. The van der Waals surface area contributed by atoms with Crippen LogP contribution in [0.2, 0.25) is 0 Å². The summed E-state index contributed by atoms with van der Waals surface area (Å²) in [5, 5.41) is 0. The van der Waals surface area contributed by atoms with E-state index < -0.39 is 35.1 Å². The lowest BCUT2D eigenvalue weighted by atomic mass is 10.0. The molecule has 1 aromatic rings. The second-order valence-corrected chi connectivity index (χ2v) is 3.00. The van der Waals surface area contributed by atoms with Crippen LogP contribution in [0.25, 0.3) is 0 Å². The monoisotopic (exact) mass is 260 g/mol. The fourth-order valence-electron chi connectivity index (χ4n) is 1.26. The molecule has 0 aliphatic heterocycles. The number of benzene rings is 1. The molecule has 0 saturated heterocycles. The van der Waals surface area contributed by atoms with Gasteiger partial charge in [0.25, 0.3) is 0 Å². The van der Waals surface area contributed by atoms with E-state index in [0.29, 0.717) is 12.1 Å². The molecule has 8 heteroatoms. The summed E-state index contributed by atoms with van der Waals surface area (Å²) in [5.74, 6) is 0. The van der Waals surface area contributed by atoms with Crippen LogP contribution < -0.4 is 0 Å². The average molecular weight is 260 g/mol. The number of hydrogen-bond donors (Lipinski definition) is 0. The predicted octanol–water partition coefficient (Wildman–Crippen LogP) is 3.83. The molecular weight excluding hydrogens is 257 g/mol. The maximum absolute atomic E-state index is 12.4. The molecule has 0 aliphatic rings. The predicted molar refractivity (Wildman–Crippen MR) is 41.9 cm³/mol. The van der Waals surface area contributed by atoms with Crippen molar-refractivity contribution in [2.45, 2.75) is 12.4 Å². The van der Waals surface area contributed by atoms with Crippen molar-refractivity contribution in [3.05, 3.63) is 34.9 Å². The van der Waals surface area contributed by atoms with Crippen LogP contribution in [-0.2, 0) is 12.4 Å². The zero-order valence-corrected chi connectivity index (χ0v) is 7.79. The van der Waals surface area contributed by atoms with Gasteiger partial charge in [0.15, 0.2) is 0 Å². The molecule has 0 spiro atoms. The van der Waals surface area contributed by atoms with Crippen LogP contribution in [0.5, 0.6) is 0 Å². The van der Waals surface area contributed by atoms with Crippen LogP contribution in [0, 0.1) is 0 Å². The summed E-state index contributed by atoms with van der Waals surface area (Å²) >= 11 is 0. The summed E-state index contributed by atoms with van der Waals surface area (Å²) in [4.78, 5) is 10.3. The van der Waals surface area contributed by atoms with Crippen molar-refractivity contribution in [1.82, 2.24) is 0 Å². The van der Waals surface area contributed by atoms with Gasteiger partial charge in [-0.2, -0.15) is 30.7 Å². The molecule has 0 N–H and O–H groups in total. The average Bonchev–Trinajstić information content (AvgIpc) is 2.13. The summed E-state index contributed by atoms with van der Waals surface area (Å²) in [6.07, 6.45) is -10.8. The number of alkyl halides is 6. The Labute approximate surface area is 89.8 Å². The molecule has 0 aliphatic carbocycles. The SMILES string of the molecule is O=C(F)c1cccc(C(F)(F)F)c1C(F)(F)F. The third-order valence-electron chi connectivity index (χ3n) is 1.87. The van der Waals surface area contributed by atoms with Gasteiger partial charge in [0.2, 0.25) is 0 Å². The second-order valence-electron chi connectivity index (χ2n) is 3.00. The molecule has 0 heterocycles. The first-order chi connectivity index (χ1) is 7.55. The van der Waals surface area contributed by atoms with Crippen molar-refractivity contribution in [2.75, 3.05) is 0 Å². The maximum atomic E-state index is 12.4. The fourth-order valence-corrected chi connectivity index (χ4v) is 1.26. The molecule has 0 amide bonds. The van der Waals surface area contributed by atoms with Crippen molar-refractivity contribution in [2.24, 2.45) is 0 Å². The zero-order valence-electron chi connectivity index (χ0n) is 7.79. The Morgan fingerprint density at radius 2 is 1.47 bits per heavy atom. The summed E-state index contributed by atoms with van der Waals surface area (Å²) in [6, 6.07) is -1.55. The lowest BCUT2D eigenvalue weighted by Gasteiger charge is -2.16. The van der Waals surface area contributed by atoms with E-state index in [4.69, 9.17) is 0 Å². The molecule has 1 aromatic carbocycles. The Hall–Kier alpha value is -1.60. The Morgan fingerprint density at radius 1 is 0.941 bits per heavy atom. The van der Waals surface area contributed by atoms with Gasteiger partial charge in [0.1, 0.15) is 0 Å². The van der Waals surface area contributed by atoms with Crippen molar-refractivity contribution < 1.29 is 35.5 Å². The minimum atomic E-state index is -5.47. The minimum Gasteiger partial charge on any atom is -0.255 e. The van der Waals surface area contributed by atoms with Crippen LogP contribution in [0.3, 0.4) is 0 Å². The van der Waals surface area contributed by atoms with Gasteiger partial charge in [-0.05, 0) is 12.1 Å². The van der Waals surface area contributed by atoms with Crippen LogP contribution in [0.1, 0.15) is 21.5 Å². The van der Waals surface area contributed by atoms with Crippen molar-refractivity contribution in [3.8, 4) is 0 Å². The van der Waals surface area contributed by atoms with Crippen LogP contribution in [0.4, 0.5) is 30.7 Å². The molecule has 1 rings (SSSR count). The Bertz CT molecular complexity index is 444. The molecule has 0 aromatic heterocycles. The highest BCUT2D eigenvalue weighted by Crippen LogP contribution is 2.42. The fraction of sp³-hybridized carbons (Fsp3) is 0.222. The van der Waals surface area contributed by atoms with E-state index in [1.54, 1.807) is 0 Å². The highest BCUT2D eigenvalue weighted by atomic mass is 19.4. The molecule has 94 valence electrons. The highest BCUT2D eigenvalue weighted by molar-refractivity contribution is 5.90. The maximum Gasteiger partial charge on any atom is 0.417 e. The number of hydrogen-bond acceptors (Lipinski definition) is 1. The first kappa shape index (κ1) is 13.5. The Morgan fingerprint density at radius 3 is 1.82 bits per heavy atom. The van der Waals surface area contributed by atoms with Gasteiger partial charge in [-0.3, -0.25) is 4.79 Å². The molecule has 0 atom stereocenters. The van der Waals surface area contributed by atoms with E-state index in [0.717, 1.165) is 0 Å². The lowest BCUT2D eigenvalue weighted by Crippen LogP contribution is -2.20. The van der Waals surface area contributed by atoms with Gasteiger partial charge >= 0.3 is 18.4 Å². The van der Waals surface area contributed by atoms with Crippen LogP contribution in [-0.4, -0.2) is 6.04 Å². The standard InChI is InChI=1S/C9H3F7O/c10-7(17)4-2-1-3-5(8(11,12)13)6(4)9(14,15)16/h1-3H. The summed E-state index contributed by atoms with van der Waals surface area (Å²) < 4.78 is 86.3. The van der Waals surface area contributed by atoms with E-state index >= 15 is 0 Å². The van der Waals surface area contributed by atoms with E-state index in [2.05, 4.69) is 0 Å². The third kappa shape index (κ3) is 2.75. The van der Waals surface area contributed by atoms with E-state index in [-0.39, 0.29) is 6.07 Å². The molecule has 0 bridgehead atoms. The summed E-state index contributed by atoms with van der Waals surface area (Å²) in [6.45, 7) is 0. The molecule has 17 heavy (non-hydrogen) atoms. The van der Waals surface area contributed by atoms with Crippen LogP contribution >= 0.6 is 0 Å². The Kier molecular flexibility index (Phi) is 3.17. The van der Waals surface area contributed by atoms with Gasteiger partial charge in [-0.1, -0.05) is 6.07 Å². The van der Waals surface area contributed by atoms with Gasteiger partial charge in [-0.25, -0.2) is 0 Å². The zero-order chi connectivity index (χ0) is 13.4. The highest BCUT2D eigenvalue weighted by Gasteiger charge is 2.45. The first-order valence-electron chi connectivity index (χ1n) is 4.02. The smallest absolute Gasteiger partial charge is 0.255 e. The van der Waals surface area contributed by atoms with Crippen LogP contribution in [0.15, 0.2) is 18.2 Å². The summed E-state index contributed by atoms with van der Waals surface area (Å²) in [7, 11) is 0. The second kappa shape index (κ2) is 4.01. The topological polar surface area (TPSA) is 17.1 Å². The van der Waals surface area contributed by atoms with Gasteiger partial charge in [-0.15, -0.1) is 0 Å². The van der Waals surface area contributed by atoms with E-state index in [1.807, 2.05) is 0 Å². The molecular formula is C9H3F7O. The van der Waals surface area contributed by atoms with Crippen molar-refractivity contribution in [3.63, 3.8) is 0 Å². The van der Waals surface area contributed by atoms with Gasteiger partial charge in [0.05, 0.1) is 16.7 Å². The summed E-state index contributed by atoms with van der Waals surface area (Å²) in [5.41, 5.74) is -6.04. The molecule has 0 fully saturated rings. The molecule has 0 radical (unpaired) electrons. The number of carbonyl (C=O) groups excluding carboxylic acids is 1. The quantitative estimate of drug-likeness (QED) is 0.554. The molecule has 0 unspecified atom stereocenters. The molecule has 1 nitrogen and oxygen atoms in total. The van der Waals surface area contributed by atoms with Crippen molar-refractivity contribution in [1.29, 1.82) is 0 Å².